The summed E-state index contributed by atoms with van der Waals surface area (Å²) in [5.41, 5.74) is 1.07. The molecular formula is C14H18O4. The van der Waals surface area contributed by atoms with Gasteiger partial charge in [-0.3, -0.25) is 0 Å². The molecule has 0 aliphatic carbocycles. The molecule has 0 bridgehead atoms. The molecule has 2 aliphatic heterocycles. The van der Waals surface area contributed by atoms with Crippen LogP contribution in [0.1, 0.15) is 24.5 Å². The lowest BCUT2D eigenvalue weighted by atomic mass is 9.90. The summed E-state index contributed by atoms with van der Waals surface area (Å²) in [6.07, 6.45) is 2.00. The Morgan fingerprint density at radius 2 is 1.94 bits per heavy atom. The summed E-state index contributed by atoms with van der Waals surface area (Å²) in [6, 6.07) is 5.91. The molecule has 4 nitrogen and oxygen atoms in total. The highest BCUT2D eigenvalue weighted by Gasteiger charge is 2.28. The number of ether oxygens (including phenoxy) is 3. The fourth-order valence-corrected chi connectivity index (χ4v) is 2.64. The van der Waals surface area contributed by atoms with Crippen LogP contribution in [0.5, 0.6) is 11.5 Å². The van der Waals surface area contributed by atoms with E-state index < -0.39 is 0 Å². The lowest BCUT2D eigenvalue weighted by molar-refractivity contribution is -0.0458. The van der Waals surface area contributed by atoms with E-state index in [0.717, 1.165) is 36.5 Å². The highest BCUT2D eigenvalue weighted by atomic mass is 16.6. The van der Waals surface area contributed by atoms with Crippen molar-refractivity contribution in [2.24, 2.45) is 5.92 Å². The van der Waals surface area contributed by atoms with E-state index in [-0.39, 0.29) is 18.6 Å². The number of hydrogen-bond acceptors (Lipinski definition) is 4. The second-order valence-electron chi connectivity index (χ2n) is 4.78. The minimum atomic E-state index is -0.0282. The molecule has 1 fully saturated rings. The summed E-state index contributed by atoms with van der Waals surface area (Å²) in [5.74, 6) is 1.76. The first kappa shape index (κ1) is 11.8. The zero-order valence-corrected chi connectivity index (χ0v) is 10.3. The average molecular weight is 250 g/mol. The third-order valence-corrected chi connectivity index (χ3v) is 3.57. The maximum Gasteiger partial charge on any atom is 0.161 e. The van der Waals surface area contributed by atoms with Crippen LogP contribution in [0.15, 0.2) is 18.2 Å². The normalized spacial score (nSPS) is 26.9. The second-order valence-corrected chi connectivity index (χ2v) is 4.78. The first-order chi connectivity index (χ1) is 8.88. The molecule has 0 saturated carbocycles. The van der Waals surface area contributed by atoms with Gasteiger partial charge >= 0.3 is 0 Å². The van der Waals surface area contributed by atoms with Crippen molar-refractivity contribution in [2.45, 2.75) is 18.9 Å². The van der Waals surface area contributed by atoms with Gasteiger partial charge in [-0.25, -0.2) is 0 Å². The summed E-state index contributed by atoms with van der Waals surface area (Å²) in [6.45, 7) is 2.12. The van der Waals surface area contributed by atoms with Gasteiger partial charge in [-0.05, 0) is 30.5 Å². The molecule has 1 saturated heterocycles. The number of aliphatic hydroxyl groups excluding tert-OH is 1. The highest BCUT2D eigenvalue weighted by Crippen LogP contribution is 2.38. The summed E-state index contributed by atoms with van der Waals surface area (Å²) >= 11 is 0. The van der Waals surface area contributed by atoms with Crippen LogP contribution in [0.4, 0.5) is 0 Å². The van der Waals surface area contributed by atoms with Crippen LogP contribution in [0.3, 0.4) is 0 Å². The Bertz CT molecular complexity index is 418. The van der Waals surface area contributed by atoms with Crippen molar-refractivity contribution in [3.05, 3.63) is 23.8 Å². The van der Waals surface area contributed by atoms with Gasteiger partial charge in [-0.2, -0.15) is 0 Å². The smallest absolute Gasteiger partial charge is 0.161 e. The largest absolute Gasteiger partial charge is 0.486 e. The third-order valence-electron chi connectivity index (χ3n) is 3.57. The molecule has 4 heteroatoms. The molecule has 1 aromatic carbocycles. The molecule has 1 aromatic rings. The standard InChI is InChI=1S/C14H18O4/c15-9-11-2-1-5-18-14(11)10-3-4-12-13(8-10)17-7-6-16-12/h3-4,8,11,14-15H,1-2,5-7,9H2. The molecule has 0 radical (unpaired) electrons. The van der Waals surface area contributed by atoms with Crippen molar-refractivity contribution in [3.63, 3.8) is 0 Å². The number of benzene rings is 1. The molecular weight excluding hydrogens is 232 g/mol. The Morgan fingerprint density at radius 1 is 1.11 bits per heavy atom. The molecule has 2 unspecified atom stereocenters. The fourth-order valence-electron chi connectivity index (χ4n) is 2.64. The first-order valence-electron chi connectivity index (χ1n) is 6.50. The zero-order chi connectivity index (χ0) is 12.4. The van der Waals surface area contributed by atoms with E-state index in [4.69, 9.17) is 14.2 Å². The molecule has 0 amide bonds. The molecule has 98 valence electrons. The minimum absolute atomic E-state index is 0.0282. The maximum absolute atomic E-state index is 9.43. The zero-order valence-electron chi connectivity index (χ0n) is 10.3. The quantitative estimate of drug-likeness (QED) is 0.871. The van der Waals surface area contributed by atoms with E-state index in [1.807, 2.05) is 18.2 Å². The van der Waals surface area contributed by atoms with E-state index in [0.29, 0.717) is 13.2 Å². The molecule has 18 heavy (non-hydrogen) atoms. The summed E-state index contributed by atoms with van der Waals surface area (Å²) in [4.78, 5) is 0. The van der Waals surface area contributed by atoms with E-state index in [2.05, 4.69) is 0 Å². The van der Waals surface area contributed by atoms with Crippen LogP contribution in [0.25, 0.3) is 0 Å². The van der Waals surface area contributed by atoms with Gasteiger partial charge < -0.3 is 19.3 Å². The minimum Gasteiger partial charge on any atom is -0.486 e. The van der Waals surface area contributed by atoms with E-state index in [1.54, 1.807) is 0 Å². The summed E-state index contributed by atoms with van der Waals surface area (Å²) in [5, 5.41) is 9.43. The van der Waals surface area contributed by atoms with Crippen LogP contribution < -0.4 is 9.47 Å². The summed E-state index contributed by atoms with van der Waals surface area (Å²) < 4.78 is 16.9. The van der Waals surface area contributed by atoms with Crippen molar-refractivity contribution in [1.82, 2.24) is 0 Å². The number of aliphatic hydroxyl groups is 1. The van der Waals surface area contributed by atoms with E-state index in [9.17, 15) is 5.11 Å². The Kier molecular flexibility index (Phi) is 3.39. The Morgan fingerprint density at radius 3 is 2.78 bits per heavy atom. The molecule has 1 N–H and O–H groups in total. The number of fused-ring (bicyclic) bond motifs is 1. The molecule has 0 spiro atoms. The van der Waals surface area contributed by atoms with Gasteiger partial charge in [0.15, 0.2) is 11.5 Å². The number of rotatable bonds is 2. The molecule has 3 rings (SSSR count). The van der Waals surface area contributed by atoms with Crippen LogP contribution in [-0.4, -0.2) is 31.5 Å². The Hall–Kier alpha value is -1.26. The van der Waals surface area contributed by atoms with Crippen LogP contribution in [-0.2, 0) is 4.74 Å². The van der Waals surface area contributed by atoms with Crippen molar-refractivity contribution in [2.75, 3.05) is 26.4 Å². The van der Waals surface area contributed by atoms with Crippen molar-refractivity contribution in [3.8, 4) is 11.5 Å². The SMILES string of the molecule is OCC1CCCOC1c1ccc2c(c1)OCCO2. The fraction of sp³-hybridized carbons (Fsp3) is 0.571. The van der Waals surface area contributed by atoms with Crippen LogP contribution in [0, 0.1) is 5.92 Å². The number of hydrogen-bond donors (Lipinski definition) is 1. The first-order valence-corrected chi connectivity index (χ1v) is 6.50. The second kappa shape index (κ2) is 5.16. The highest BCUT2D eigenvalue weighted by molar-refractivity contribution is 5.44. The van der Waals surface area contributed by atoms with Crippen LogP contribution in [0.2, 0.25) is 0 Å². The van der Waals surface area contributed by atoms with Gasteiger partial charge in [0.2, 0.25) is 0 Å². The Labute approximate surface area is 106 Å². The Balaban J connectivity index is 1.86. The van der Waals surface area contributed by atoms with Gasteiger partial charge in [0.05, 0.1) is 6.10 Å². The van der Waals surface area contributed by atoms with Gasteiger partial charge in [0.25, 0.3) is 0 Å². The predicted octanol–water partition coefficient (Wildman–Crippen LogP) is 1.92. The molecule has 2 atom stereocenters. The third kappa shape index (κ3) is 2.18. The van der Waals surface area contributed by atoms with E-state index in [1.165, 1.54) is 0 Å². The topological polar surface area (TPSA) is 47.9 Å². The molecule has 0 aromatic heterocycles. The van der Waals surface area contributed by atoms with Crippen molar-refractivity contribution >= 4 is 0 Å². The van der Waals surface area contributed by atoms with Crippen molar-refractivity contribution in [1.29, 1.82) is 0 Å². The lowest BCUT2D eigenvalue weighted by Crippen LogP contribution is -2.25. The summed E-state index contributed by atoms with van der Waals surface area (Å²) in [7, 11) is 0. The molecule has 2 heterocycles. The van der Waals surface area contributed by atoms with Gasteiger partial charge in [-0.15, -0.1) is 0 Å². The van der Waals surface area contributed by atoms with E-state index >= 15 is 0 Å². The van der Waals surface area contributed by atoms with Gasteiger partial charge in [-0.1, -0.05) is 6.07 Å². The monoisotopic (exact) mass is 250 g/mol. The van der Waals surface area contributed by atoms with Gasteiger partial charge in [0.1, 0.15) is 13.2 Å². The predicted molar refractivity (Wildman–Crippen MR) is 65.9 cm³/mol. The van der Waals surface area contributed by atoms with Gasteiger partial charge in [0, 0.05) is 19.1 Å². The lowest BCUT2D eigenvalue weighted by Gasteiger charge is -2.31. The van der Waals surface area contributed by atoms with Crippen molar-refractivity contribution < 1.29 is 19.3 Å². The average Bonchev–Trinajstić information content (AvgIpc) is 2.46. The van der Waals surface area contributed by atoms with Crippen LogP contribution >= 0.6 is 0 Å². The maximum atomic E-state index is 9.43. The molecule has 2 aliphatic rings.